The van der Waals surface area contributed by atoms with Gasteiger partial charge in [0.15, 0.2) is 0 Å². The zero-order chi connectivity index (χ0) is 4.83. The van der Waals surface area contributed by atoms with Crippen LogP contribution in [-0.2, 0) is 0 Å². The van der Waals surface area contributed by atoms with Crippen molar-refractivity contribution in [3.05, 3.63) is 0 Å². The summed E-state index contributed by atoms with van der Waals surface area (Å²) in [5, 5.41) is 3.07. The zero-order valence-corrected chi connectivity index (χ0v) is 6.65. The number of nitrogens with two attached hydrogens (primary N) is 1. The predicted molar refractivity (Wildman–Crippen MR) is 42.1 cm³/mol. The summed E-state index contributed by atoms with van der Waals surface area (Å²) in [4.78, 5) is 0. The second-order valence-corrected chi connectivity index (χ2v) is 1.14. The van der Waals surface area contributed by atoms with E-state index in [1.54, 1.807) is 0 Å². The molecular weight excluding hydrogens is 147 g/mol. The van der Waals surface area contributed by atoms with Crippen LogP contribution in [0.1, 0.15) is 6.92 Å². The molecular formula is C4H14Cl2N2. The summed E-state index contributed by atoms with van der Waals surface area (Å²) in [7, 11) is 0. The molecule has 0 aliphatic rings. The van der Waals surface area contributed by atoms with E-state index in [2.05, 4.69) is 12.2 Å². The van der Waals surface area contributed by atoms with E-state index in [-0.39, 0.29) is 24.8 Å². The molecule has 4 heteroatoms. The van der Waals surface area contributed by atoms with E-state index in [1.807, 2.05) is 0 Å². The van der Waals surface area contributed by atoms with Crippen LogP contribution in [0.15, 0.2) is 0 Å². The van der Waals surface area contributed by atoms with Crippen molar-refractivity contribution < 1.29 is 0 Å². The van der Waals surface area contributed by atoms with Crippen molar-refractivity contribution in [3.63, 3.8) is 0 Å². The summed E-state index contributed by atoms with van der Waals surface area (Å²) in [5.74, 6) is 0. The van der Waals surface area contributed by atoms with E-state index in [1.165, 1.54) is 0 Å². The van der Waals surface area contributed by atoms with Crippen LogP contribution in [0.25, 0.3) is 0 Å². The molecule has 0 spiro atoms. The second kappa shape index (κ2) is 15.6. The van der Waals surface area contributed by atoms with E-state index in [4.69, 9.17) is 5.73 Å². The van der Waals surface area contributed by atoms with Crippen LogP contribution >= 0.6 is 24.8 Å². The Bertz CT molecular complexity index is 24.0. The Hall–Kier alpha value is 0.500. The molecule has 0 saturated heterocycles. The number of nitrogens with one attached hydrogen (secondary N) is 1. The minimum atomic E-state index is 0. The maximum Gasteiger partial charge on any atom is 0.00743 e. The van der Waals surface area contributed by atoms with E-state index < -0.39 is 0 Å². The number of rotatable bonds is 3. The molecule has 0 aromatic carbocycles. The van der Waals surface area contributed by atoms with Gasteiger partial charge >= 0.3 is 0 Å². The van der Waals surface area contributed by atoms with Crippen LogP contribution in [0.5, 0.6) is 0 Å². The lowest BCUT2D eigenvalue weighted by molar-refractivity contribution is 0.725. The Morgan fingerprint density at radius 2 is 1.88 bits per heavy atom. The third-order valence-corrected chi connectivity index (χ3v) is 0.571. The first-order valence-electron chi connectivity index (χ1n) is 2.32. The van der Waals surface area contributed by atoms with Gasteiger partial charge in [0.05, 0.1) is 0 Å². The summed E-state index contributed by atoms with van der Waals surface area (Å²) in [6, 6.07) is 0. The number of hydrogen-bond donors (Lipinski definition) is 2. The lowest BCUT2D eigenvalue weighted by Gasteiger charge is -1.92. The first kappa shape index (κ1) is 15.8. The average Bonchev–Trinajstić information content (AvgIpc) is 1.61. The molecule has 54 valence electrons. The van der Waals surface area contributed by atoms with Crippen LogP contribution in [-0.4, -0.2) is 19.6 Å². The van der Waals surface area contributed by atoms with Gasteiger partial charge in [0.1, 0.15) is 0 Å². The highest BCUT2D eigenvalue weighted by molar-refractivity contribution is 5.85. The summed E-state index contributed by atoms with van der Waals surface area (Å²) in [6.45, 7) is 4.77. The molecule has 0 bridgehead atoms. The van der Waals surface area contributed by atoms with Crippen LogP contribution in [0.4, 0.5) is 0 Å². The highest BCUT2D eigenvalue weighted by atomic mass is 35.5. The zero-order valence-electron chi connectivity index (χ0n) is 5.02. The van der Waals surface area contributed by atoms with Crippen LogP contribution in [0.2, 0.25) is 0 Å². The van der Waals surface area contributed by atoms with Gasteiger partial charge in [-0.3, -0.25) is 0 Å². The standard InChI is InChI=1S/C4H12N2.2ClH/c1-2-6-4-3-5;;/h6H,2-5H2,1H3;2*1H. The fourth-order valence-corrected chi connectivity index (χ4v) is 0.279. The Morgan fingerprint density at radius 1 is 1.38 bits per heavy atom. The van der Waals surface area contributed by atoms with Gasteiger partial charge in [0.25, 0.3) is 0 Å². The first-order valence-corrected chi connectivity index (χ1v) is 2.32. The first-order chi connectivity index (χ1) is 2.91. The van der Waals surface area contributed by atoms with Crippen molar-refractivity contribution in [2.24, 2.45) is 5.73 Å². The van der Waals surface area contributed by atoms with Crippen LogP contribution < -0.4 is 11.1 Å². The van der Waals surface area contributed by atoms with Crippen molar-refractivity contribution in [1.82, 2.24) is 5.32 Å². The molecule has 0 aliphatic heterocycles. The monoisotopic (exact) mass is 160 g/mol. The molecule has 2 nitrogen and oxygen atoms in total. The van der Waals surface area contributed by atoms with Gasteiger partial charge in [-0.1, -0.05) is 6.92 Å². The van der Waals surface area contributed by atoms with Gasteiger partial charge in [-0.15, -0.1) is 24.8 Å². The molecule has 0 rings (SSSR count). The molecule has 3 N–H and O–H groups in total. The van der Waals surface area contributed by atoms with Gasteiger partial charge in [-0.05, 0) is 6.54 Å². The lowest BCUT2D eigenvalue weighted by Crippen LogP contribution is -2.21. The highest BCUT2D eigenvalue weighted by Gasteiger charge is 1.71. The Kier molecular flexibility index (Phi) is 30.9. The molecule has 0 amide bonds. The quantitative estimate of drug-likeness (QED) is 0.588. The maximum atomic E-state index is 5.15. The molecule has 0 aromatic rings. The molecule has 0 saturated carbocycles. The molecule has 0 unspecified atom stereocenters. The smallest absolute Gasteiger partial charge is 0.00743 e. The molecule has 0 aromatic heterocycles. The summed E-state index contributed by atoms with van der Waals surface area (Å²) in [6.07, 6.45) is 0. The third kappa shape index (κ3) is 16.1. The minimum Gasteiger partial charge on any atom is -0.329 e. The van der Waals surface area contributed by atoms with Gasteiger partial charge in [-0.25, -0.2) is 0 Å². The average molecular weight is 161 g/mol. The van der Waals surface area contributed by atoms with Gasteiger partial charge in [0, 0.05) is 13.1 Å². The predicted octanol–water partition coefficient (Wildman–Crippen LogP) is 0.398. The third-order valence-electron chi connectivity index (χ3n) is 0.571. The van der Waals surface area contributed by atoms with Crippen LogP contribution in [0, 0.1) is 0 Å². The number of hydrogen-bond acceptors (Lipinski definition) is 2. The van der Waals surface area contributed by atoms with Crippen molar-refractivity contribution in [2.75, 3.05) is 19.6 Å². The second-order valence-electron chi connectivity index (χ2n) is 1.14. The molecule has 0 heterocycles. The fraction of sp³-hybridized carbons (Fsp3) is 1.00. The summed E-state index contributed by atoms with van der Waals surface area (Å²) >= 11 is 0. The fourth-order valence-electron chi connectivity index (χ4n) is 0.279. The van der Waals surface area contributed by atoms with Crippen molar-refractivity contribution in [2.45, 2.75) is 6.92 Å². The van der Waals surface area contributed by atoms with Gasteiger partial charge in [-0.2, -0.15) is 0 Å². The van der Waals surface area contributed by atoms with Crippen LogP contribution in [0.3, 0.4) is 0 Å². The van der Waals surface area contributed by atoms with Crippen molar-refractivity contribution in [3.8, 4) is 0 Å². The topological polar surface area (TPSA) is 38.0 Å². The Morgan fingerprint density at radius 3 is 2.00 bits per heavy atom. The molecule has 0 radical (unpaired) electrons. The normalized spacial score (nSPS) is 6.75. The summed E-state index contributed by atoms with van der Waals surface area (Å²) in [5.41, 5.74) is 5.15. The van der Waals surface area contributed by atoms with Crippen molar-refractivity contribution in [1.29, 1.82) is 0 Å². The summed E-state index contributed by atoms with van der Waals surface area (Å²) < 4.78 is 0. The molecule has 0 atom stereocenters. The maximum absolute atomic E-state index is 5.15. The van der Waals surface area contributed by atoms with E-state index in [9.17, 15) is 0 Å². The van der Waals surface area contributed by atoms with Gasteiger partial charge < -0.3 is 11.1 Å². The molecule has 0 aliphatic carbocycles. The van der Waals surface area contributed by atoms with Crippen molar-refractivity contribution >= 4 is 24.8 Å². The lowest BCUT2D eigenvalue weighted by atomic mass is 10.6. The SMILES string of the molecule is CCNCCN.Cl.Cl. The number of halogens is 2. The highest BCUT2D eigenvalue weighted by Crippen LogP contribution is 1.48. The Balaban J connectivity index is -0.000000125. The largest absolute Gasteiger partial charge is 0.329 e. The van der Waals surface area contributed by atoms with E-state index >= 15 is 0 Å². The van der Waals surface area contributed by atoms with Gasteiger partial charge in [0.2, 0.25) is 0 Å². The Labute approximate surface area is 63.0 Å². The van der Waals surface area contributed by atoms with E-state index in [0.717, 1.165) is 19.6 Å². The molecule has 0 fully saturated rings. The number of likely N-dealkylation sites (N-methyl/N-ethyl adjacent to an activating group) is 1. The minimum absolute atomic E-state index is 0. The van der Waals surface area contributed by atoms with E-state index in [0.29, 0.717) is 0 Å². The molecule has 8 heavy (non-hydrogen) atoms.